The van der Waals surface area contributed by atoms with Crippen molar-refractivity contribution in [1.29, 1.82) is 0 Å². The molecular formula is C24H36Cl3N7O4. The van der Waals surface area contributed by atoms with Crippen molar-refractivity contribution in [3.05, 3.63) is 36.3 Å². The molecule has 0 radical (unpaired) electrons. The first-order chi connectivity index (χ1) is 17.0. The molecule has 3 aromatic rings. The molecule has 0 aliphatic carbocycles. The number of aromatic nitrogens is 3. The molecule has 2 aromatic heterocycles. The van der Waals surface area contributed by atoms with E-state index in [4.69, 9.17) is 14.6 Å². The minimum absolute atomic E-state index is 0. The monoisotopic (exact) mass is 591 g/mol. The van der Waals surface area contributed by atoms with E-state index >= 15 is 0 Å². The number of carbonyl (C=O) groups is 1. The predicted octanol–water partition coefficient (Wildman–Crippen LogP) is 3.31. The Hall–Kier alpha value is -2.54. The van der Waals surface area contributed by atoms with Crippen LogP contribution in [0.25, 0.3) is 11.0 Å². The Labute approximate surface area is 240 Å². The lowest BCUT2D eigenvalue weighted by molar-refractivity contribution is -0.139. The van der Waals surface area contributed by atoms with Gasteiger partial charge in [-0.1, -0.05) is 0 Å². The van der Waals surface area contributed by atoms with E-state index < -0.39 is 12.6 Å². The normalized spacial score (nSPS) is 12.9. The highest BCUT2D eigenvalue weighted by Crippen LogP contribution is 2.34. The number of H-pyrrole nitrogens is 1. The number of nitrogens with zero attached hydrogens (tertiary/aromatic N) is 4. The number of carboxylic acids is 1. The van der Waals surface area contributed by atoms with Crippen LogP contribution in [0.4, 0.5) is 17.2 Å². The fourth-order valence-electron chi connectivity index (χ4n) is 4.19. The third-order valence-electron chi connectivity index (χ3n) is 5.88. The lowest BCUT2D eigenvalue weighted by atomic mass is 10.2. The van der Waals surface area contributed by atoms with Gasteiger partial charge in [0.1, 0.15) is 23.5 Å². The molecule has 3 heterocycles. The molecule has 0 saturated carbocycles. The van der Waals surface area contributed by atoms with Crippen molar-refractivity contribution in [2.45, 2.75) is 13.0 Å². The summed E-state index contributed by atoms with van der Waals surface area (Å²) in [5, 5.41) is 16.6. The maximum absolute atomic E-state index is 11.2. The maximum atomic E-state index is 11.2. The van der Waals surface area contributed by atoms with Gasteiger partial charge < -0.3 is 40.0 Å². The molecule has 0 bridgehead atoms. The van der Waals surface area contributed by atoms with Gasteiger partial charge in [-0.05, 0) is 51.3 Å². The second-order valence-electron chi connectivity index (χ2n) is 8.54. The lowest BCUT2D eigenvalue weighted by Gasteiger charge is -2.30. The highest BCUT2D eigenvalue weighted by Gasteiger charge is 2.18. The van der Waals surface area contributed by atoms with Gasteiger partial charge in [0.15, 0.2) is 6.61 Å². The van der Waals surface area contributed by atoms with Crippen LogP contribution < -0.4 is 20.3 Å². The van der Waals surface area contributed by atoms with Gasteiger partial charge in [-0.3, -0.25) is 0 Å². The number of aliphatic carboxylic acids is 1. The highest BCUT2D eigenvalue weighted by atomic mass is 35.5. The number of rotatable bonds is 12. The van der Waals surface area contributed by atoms with E-state index in [0.717, 1.165) is 67.1 Å². The fourth-order valence-corrected chi connectivity index (χ4v) is 4.19. The molecule has 1 aliphatic heterocycles. The van der Waals surface area contributed by atoms with Crippen LogP contribution in [0.5, 0.6) is 5.75 Å². The molecule has 4 N–H and O–H groups in total. The Balaban J connectivity index is 0.00000241. The van der Waals surface area contributed by atoms with Gasteiger partial charge in [-0.15, -0.1) is 37.2 Å². The van der Waals surface area contributed by atoms with Crippen LogP contribution in [-0.2, 0) is 16.1 Å². The third kappa shape index (κ3) is 8.75. The van der Waals surface area contributed by atoms with Gasteiger partial charge in [0.05, 0.1) is 24.3 Å². The van der Waals surface area contributed by atoms with Gasteiger partial charge in [0.2, 0.25) is 0 Å². The zero-order valence-corrected chi connectivity index (χ0v) is 23.9. The number of morpholine rings is 1. The second kappa shape index (κ2) is 16.4. The zero-order chi connectivity index (χ0) is 24.6. The summed E-state index contributed by atoms with van der Waals surface area (Å²) in [6.45, 7) is 4.97. The summed E-state index contributed by atoms with van der Waals surface area (Å²) in [7, 11) is 4.06. The summed E-state index contributed by atoms with van der Waals surface area (Å²) in [6.07, 6.45) is 4.55. The molecule has 1 fully saturated rings. The Morgan fingerprint density at radius 1 is 1.24 bits per heavy atom. The van der Waals surface area contributed by atoms with E-state index in [1.807, 2.05) is 31.4 Å². The van der Waals surface area contributed by atoms with E-state index in [9.17, 15) is 4.79 Å². The first-order valence-electron chi connectivity index (χ1n) is 11.8. The zero-order valence-electron chi connectivity index (χ0n) is 21.4. The van der Waals surface area contributed by atoms with Crippen LogP contribution >= 0.6 is 37.2 Å². The SMILES string of the molecule is CNCCCN(C)Cc1c[nH]c2ncnc(Nc3ccc(N4CCOCC4)c(OCC(=O)O)c3)c12.Cl.Cl.Cl. The number of nitrogens with one attached hydrogen (secondary N) is 3. The fraction of sp³-hybridized carbons (Fsp3) is 0.458. The number of halogens is 3. The van der Waals surface area contributed by atoms with Crippen LogP contribution in [0.15, 0.2) is 30.7 Å². The molecule has 1 saturated heterocycles. The average molecular weight is 593 g/mol. The molecule has 1 aromatic carbocycles. The number of aromatic amines is 1. The topological polar surface area (TPSA) is 128 Å². The Kier molecular flexibility index (Phi) is 14.5. The molecule has 14 heteroatoms. The van der Waals surface area contributed by atoms with Crippen LogP contribution in [0, 0.1) is 0 Å². The second-order valence-corrected chi connectivity index (χ2v) is 8.54. The van der Waals surface area contributed by atoms with Gasteiger partial charge in [0.25, 0.3) is 0 Å². The molecule has 4 rings (SSSR count). The van der Waals surface area contributed by atoms with E-state index in [1.165, 1.54) is 6.33 Å². The summed E-state index contributed by atoms with van der Waals surface area (Å²) >= 11 is 0. The maximum Gasteiger partial charge on any atom is 0.341 e. The van der Waals surface area contributed by atoms with Crippen molar-refractivity contribution in [1.82, 2.24) is 25.2 Å². The quantitative estimate of drug-likeness (QED) is 0.233. The van der Waals surface area contributed by atoms with E-state index in [2.05, 4.69) is 42.4 Å². The summed E-state index contributed by atoms with van der Waals surface area (Å²) in [5.74, 6) is 0.158. The van der Waals surface area contributed by atoms with Crippen LogP contribution in [0.1, 0.15) is 12.0 Å². The largest absolute Gasteiger partial charge is 0.480 e. The van der Waals surface area contributed by atoms with Crippen molar-refractivity contribution in [2.75, 3.05) is 70.3 Å². The Bertz CT molecular complexity index is 1150. The highest BCUT2D eigenvalue weighted by molar-refractivity contribution is 5.92. The summed E-state index contributed by atoms with van der Waals surface area (Å²) in [4.78, 5) is 27.7. The number of hydrogen-bond acceptors (Lipinski definition) is 9. The van der Waals surface area contributed by atoms with Crippen LogP contribution in [-0.4, -0.2) is 91.0 Å². The number of ether oxygens (including phenoxy) is 2. The Morgan fingerprint density at radius 2 is 2.00 bits per heavy atom. The van der Waals surface area contributed by atoms with Crippen molar-refractivity contribution in [3.63, 3.8) is 0 Å². The molecule has 11 nitrogen and oxygen atoms in total. The van der Waals surface area contributed by atoms with Crippen molar-refractivity contribution < 1.29 is 19.4 Å². The van der Waals surface area contributed by atoms with E-state index in [0.29, 0.717) is 24.8 Å². The average Bonchev–Trinajstić information content (AvgIpc) is 3.27. The van der Waals surface area contributed by atoms with Crippen molar-refractivity contribution >= 4 is 71.4 Å². The first kappa shape index (κ1) is 33.5. The number of fused-ring (bicyclic) bond motifs is 1. The van der Waals surface area contributed by atoms with Crippen LogP contribution in [0.3, 0.4) is 0 Å². The molecule has 0 atom stereocenters. The molecule has 0 amide bonds. The van der Waals surface area contributed by atoms with Gasteiger partial charge >= 0.3 is 5.97 Å². The minimum Gasteiger partial charge on any atom is -0.480 e. The number of carboxylic acid groups (broad SMARTS) is 1. The molecular weight excluding hydrogens is 557 g/mol. The third-order valence-corrected chi connectivity index (χ3v) is 5.88. The lowest BCUT2D eigenvalue weighted by Crippen LogP contribution is -2.36. The number of anilines is 3. The molecule has 212 valence electrons. The predicted molar refractivity (Wildman–Crippen MR) is 156 cm³/mol. The van der Waals surface area contributed by atoms with Crippen LogP contribution in [0.2, 0.25) is 0 Å². The van der Waals surface area contributed by atoms with Gasteiger partial charge in [-0.25, -0.2) is 14.8 Å². The summed E-state index contributed by atoms with van der Waals surface area (Å²) in [5.41, 5.74) is 3.45. The first-order valence-corrected chi connectivity index (χ1v) is 11.8. The Morgan fingerprint density at radius 3 is 2.71 bits per heavy atom. The minimum atomic E-state index is -1.02. The molecule has 38 heavy (non-hydrogen) atoms. The number of benzene rings is 1. The smallest absolute Gasteiger partial charge is 0.341 e. The number of hydrogen-bond donors (Lipinski definition) is 4. The summed E-state index contributed by atoms with van der Waals surface area (Å²) in [6, 6.07) is 5.71. The van der Waals surface area contributed by atoms with Crippen molar-refractivity contribution in [3.8, 4) is 5.75 Å². The summed E-state index contributed by atoms with van der Waals surface area (Å²) < 4.78 is 11.1. The van der Waals surface area contributed by atoms with E-state index in [-0.39, 0.29) is 37.2 Å². The standard InChI is InChI=1S/C24H33N7O4.3ClH/c1-25-6-3-7-30(2)14-17-13-26-23-22(17)24(28-16-27-23)29-18-4-5-19(31-8-10-34-11-9-31)20(12-18)35-15-21(32)33;;;/h4-5,12-13,16,25H,3,6-11,14-15H2,1-2H3,(H,32,33)(H2,26,27,28,29);3*1H. The van der Waals surface area contributed by atoms with Crippen molar-refractivity contribution in [2.24, 2.45) is 0 Å². The molecule has 0 unspecified atom stereocenters. The van der Waals surface area contributed by atoms with Gasteiger partial charge in [-0.2, -0.15) is 0 Å². The molecule has 1 aliphatic rings. The van der Waals surface area contributed by atoms with E-state index in [1.54, 1.807) is 0 Å². The van der Waals surface area contributed by atoms with Gasteiger partial charge in [0, 0.05) is 37.6 Å². The molecule has 0 spiro atoms.